The number of thiophene rings is 1. The SMILES string of the molecule is CC(C1CC1)N(C)c1ncnc2ccsc12. The smallest absolute Gasteiger partial charge is 0.150 e. The summed E-state index contributed by atoms with van der Waals surface area (Å²) in [5, 5.41) is 2.08. The molecule has 0 aromatic carbocycles. The molecule has 0 spiro atoms. The van der Waals surface area contributed by atoms with Crippen LogP contribution in [0.4, 0.5) is 5.82 Å². The quantitative estimate of drug-likeness (QED) is 0.816. The van der Waals surface area contributed by atoms with Gasteiger partial charge in [-0.05, 0) is 37.1 Å². The summed E-state index contributed by atoms with van der Waals surface area (Å²) in [6.45, 7) is 2.29. The molecule has 0 saturated heterocycles. The second-order valence-electron chi connectivity index (χ2n) is 4.52. The van der Waals surface area contributed by atoms with Gasteiger partial charge < -0.3 is 4.90 Å². The minimum absolute atomic E-state index is 0.584. The number of hydrogen-bond acceptors (Lipinski definition) is 4. The van der Waals surface area contributed by atoms with Crippen molar-refractivity contribution in [2.75, 3.05) is 11.9 Å². The lowest BCUT2D eigenvalue weighted by Crippen LogP contribution is -2.31. The predicted molar refractivity (Wildman–Crippen MR) is 68.0 cm³/mol. The number of hydrogen-bond donors (Lipinski definition) is 0. The average Bonchev–Trinajstić information content (AvgIpc) is 3.04. The molecule has 16 heavy (non-hydrogen) atoms. The van der Waals surface area contributed by atoms with Gasteiger partial charge in [-0.15, -0.1) is 11.3 Å². The summed E-state index contributed by atoms with van der Waals surface area (Å²) < 4.78 is 1.21. The highest BCUT2D eigenvalue weighted by Crippen LogP contribution is 2.37. The van der Waals surface area contributed by atoms with Crippen molar-refractivity contribution in [2.24, 2.45) is 5.92 Å². The Kier molecular flexibility index (Phi) is 2.32. The van der Waals surface area contributed by atoms with Crippen molar-refractivity contribution >= 4 is 27.4 Å². The first-order valence-corrected chi connectivity index (χ1v) is 6.56. The van der Waals surface area contributed by atoms with E-state index in [4.69, 9.17) is 0 Å². The summed E-state index contributed by atoms with van der Waals surface area (Å²) in [6.07, 6.45) is 4.40. The molecule has 3 rings (SSSR count). The van der Waals surface area contributed by atoms with Crippen LogP contribution in [0.5, 0.6) is 0 Å². The third-order valence-electron chi connectivity index (χ3n) is 3.47. The molecular formula is C12H15N3S. The molecule has 2 aromatic heterocycles. The first kappa shape index (κ1) is 10.0. The molecule has 1 saturated carbocycles. The van der Waals surface area contributed by atoms with Gasteiger partial charge in [-0.2, -0.15) is 0 Å². The summed E-state index contributed by atoms with van der Waals surface area (Å²) in [7, 11) is 2.14. The number of fused-ring (bicyclic) bond motifs is 1. The van der Waals surface area contributed by atoms with Crippen LogP contribution in [-0.2, 0) is 0 Å². The Morgan fingerprint density at radius 1 is 1.44 bits per heavy atom. The van der Waals surface area contributed by atoms with Crippen LogP contribution in [0.15, 0.2) is 17.8 Å². The Hall–Kier alpha value is -1.16. The van der Waals surface area contributed by atoms with E-state index in [2.05, 4.69) is 40.3 Å². The van der Waals surface area contributed by atoms with E-state index in [-0.39, 0.29) is 0 Å². The largest absolute Gasteiger partial charge is 0.355 e. The predicted octanol–water partition coefficient (Wildman–Crippen LogP) is 2.93. The minimum atomic E-state index is 0.584. The van der Waals surface area contributed by atoms with Crippen LogP contribution in [0.25, 0.3) is 10.2 Å². The van der Waals surface area contributed by atoms with Gasteiger partial charge in [-0.3, -0.25) is 0 Å². The standard InChI is InChI=1S/C12H15N3S/c1-8(9-3-4-9)15(2)12-11-10(5-6-16-11)13-7-14-12/h5-9H,3-4H2,1-2H3. The molecule has 2 aromatic rings. The van der Waals surface area contributed by atoms with Crippen molar-refractivity contribution < 1.29 is 0 Å². The molecule has 1 unspecified atom stereocenters. The minimum Gasteiger partial charge on any atom is -0.355 e. The van der Waals surface area contributed by atoms with Crippen LogP contribution < -0.4 is 4.90 Å². The van der Waals surface area contributed by atoms with Crippen molar-refractivity contribution in [3.8, 4) is 0 Å². The van der Waals surface area contributed by atoms with Gasteiger partial charge >= 0.3 is 0 Å². The maximum atomic E-state index is 4.44. The van der Waals surface area contributed by atoms with Gasteiger partial charge in [-0.1, -0.05) is 0 Å². The third kappa shape index (κ3) is 1.57. The molecule has 1 atom stereocenters. The molecule has 2 heterocycles. The van der Waals surface area contributed by atoms with E-state index in [1.54, 1.807) is 17.7 Å². The first-order valence-electron chi connectivity index (χ1n) is 5.68. The normalized spacial score (nSPS) is 17.6. The zero-order chi connectivity index (χ0) is 11.1. The zero-order valence-electron chi connectivity index (χ0n) is 9.55. The highest BCUT2D eigenvalue weighted by molar-refractivity contribution is 7.17. The third-order valence-corrected chi connectivity index (χ3v) is 4.37. The highest BCUT2D eigenvalue weighted by Gasteiger charge is 2.31. The van der Waals surface area contributed by atoms with Gasteiger partial charge in [0.05, 0.1) is 10.2 Å². The summed E-state index contributed by atoms with van der Waals surface area (Å²) in [4.78, 5) is 11.0. The fraction of sp³-hybridized carbons (Fsp3) is 0.500. The molecule has 4 heteroatoms. The van der Waals surface area contributed by atoms with Gasteiger partial charge in [-0.25, -0.2) is 9.97 Å². The second-order valence-corrected chi connectivity index (χ2v) is 5.44. The van der Waals surface area contributed by atoms with E-state index >= 15 is 0 Å². The Morgan fingerprint density at radius 3 is 3.00 bits per heavy atom. The van der Waals surface area contributed by atoms with E-state index in [0.29, 0.717) is 6.04 Å². The summed E-state index contributed by atoms with van der Waals surface area (Å²) in [6, 6.07) is 2.64. The highest BCUT2D eigenvalue weighted by atomic mass is 32.1. The Balaban J connectivity index is 2.00. The van der Waals surface area contributed by atoms with Gasteiger partial charge in [0, 0.05) is 13.1 Å². The average molecular weight is 233 g/mol. The number of rotatable bonds is 3. The monoisotopic (exact) mass is 233 g/mol. The van der Waals surface area contributed by atoms with Crippen LogP contribution in [0.2, 0.25) is 0 Å². The van der Waals surface area contributed by atoms with Crippen molar-refractivity contribution in [3.63, 3.8) is 0 Å². The Bertz CT molecular complexity index is 504. The summed E-state index contributed by atoms with van der Waals surface area (Å²) >= 11 is 1.73. The lowest BCUT2D eigenvalue weighted by molar-refractivity contribution is 0.605. The van der Waals surface area contributed by atoms with Gasteiger partial charge in [0.25, 0.3) is 0 Å². The first-order chi connectivity index (χ1) is 7.77. The van der Waals surface area contributed by atoms with E-state index in [0.717, 1.165) is 17.3 Å². The van der Waals surface area contributed by atoms with Crippen LogP contribution in [0.1, 0.15) is 19.8 Å². The van der Waals surface area contributed by atoms with E-state index in [1.165, 1.54) is 17.5 Å². The van der Waals surface area contributed by atoms with Crippen molar-refractivity contribution in [1.29, 1.82) is 0 Å². The molecular weight excluding hydrogens is 218 g/mol. The molecule has 0 bridgehead atoms. The van der Waals surface area contributed by atoms with Crippen molar-refractivity contribution in [3.05, 3.63) is 17.8 Å². The fourth-order valence-electron chi connectivity index (χ4n) is 2.11. The Morgan fingerprint density at radius 2 is 2.25 bits per heavy atom. The van der Waals surface area contributed by atoms with Crippen LogP contribution in [0.3, 0.4) is 0 Å². The van der Waals surface area contributed by atoms with Gasteiger partial charge in [0.2, 0.25) is 0 Å². The van der Waals surface area contributed by atoms with Crippen LogP contribution >= 0.6 is 11.3 Å². The second kappa shape index (κ2) is 3.70. The van der Waals surface area contributed by atoms with Crippen LogP contribution in [0, 0.1) is 5.92 Å². The lowest BCUT2D eigenvalue weighted by atomic mass is 10.2. The maximum absolute atomic E-state index is 4.44. The summed E-state index contributed by atoms with van der Waals surface area (Å²) in [5.74, 6) is 1.94. The van der Waals surface area contributed by atoms with Gasteiger partial charge in [0.15, 0.2) is 0 Å². The van der Waals surface area contributed by atoms with Gasteiger partial charge in [0.1, 0.15) is 12.1 Å². The van der Waals surface area contributed by atoms with Crippen molar-refractivity contribution in [2.45, 2.75) is 25.8 Å². The molecule has 1 aliphatic rings. The van der Waals surface area contributed by atoms with E-state index in [9.17, 15) is 0 Å². The fourth-order valence-corrected chi connectivity index (χ4v) is 2.99. The molecule has 0 amide bonds. The molecule has 0 radical (unpaired) electrons. The van der Waals surface area contributed by atoms with E-state index < -0.39 is 0 Å². The molecule has 0 aliphatic heterocycles. The summed E-state index contributed by atoms with van der Waals surface area (Å²) in [5.41, 5.74) is 1.06. The Labute approximate surface area is 99.1 Å². The van der Waals surface area contributed by atoms with E-state index in [1.807, 2.05) is 0 Å². The molecule has 1 aliphatic carbocycles. The molecule has 1 fully saturated rings. The lowest BCUT2D eigenvalue weighted by Gasteiger charge is -2.26. The number of anilines is 1. The van der Waals surface area contributed by atoms with Crippen molar-refractivity contribution in [1.82, 2.24) is 9.97 Å². The number of nitrogens with zero attached hydrogens (tertiary/aromatic N) is 3. The molecule has 0 N–H and O–H groups in total. The number of aromatic nitrogens is 2. The van der Waals surface area contributed by atoms with Crippen LogP contribution in [-0.4, -0.2) is 23.1 Å². The zero-order valence-corrected chi connectivity index (χ0v) is 10.4. The maximum Gasteiger partial charge on any atom is 0.150 e. The topological polar surface area (TPSA) is 29.0 Å². The molecule has 84 valence electrons. The molecule has 3 nitrogen and oxygen atoms in total.